The Bertz CT molecular complexity index is 1400. The number of H-pyrrole nitrogens is 1. The minimum absolute atomic E-state index is 0.0314. The molecule has 1 aromatic heterocycles. The van der Waals surface area contributed by atoms with Crippen LogP contribution in [0.4, 0.5) is 30.5 Å². The van der Waals surface area contributed by atoms with E-state index in [0.717, 1.165) is 23.2 Å². The average Bonchev–Trinajstić information content (AvgIpc) is 3.29. The van der Waals surface area contributed by atoms with Gasteiger partial charge in [-0.05, 0) is 48.9 Å². The number of β-amino-alcohol motifs (C(OH)–C–C–N with tert-alkyl or cyclic N) is 1. The smallest absolute Gasteiger partial charge is 0.256 e. The van der Waals surface area contributed by atoms with Gasteiger partial charge in [-0.2, -0.15) is 0 Å². The molecule has 3 aromatic carbocycles. The molecule has 0 atom stereocenters. The Morgan fingerprint density at radius 1 is 1.08 bits per heavy atom. The molecule has 2 heterocycles. The van der Waals surface area contributed by atoms with Crippen molar-refractivity contribution < 1.29 is 23.1 Å². The quantitative estimate of drug-likeness (QED) is 0.280. The molecule has 37 heavy (non-hydrogen) atoms. The van der Waals surface area contributed by atoms with E-state index in [0.29, 0.717) is 11.5 Å². The number of fused-ring (bicyclic) bond motifs is 1. The number of anilines is 3. The largest absolute Gasteiger partial charge is 0.384 e. The Morgan fingerprint density at radius 2 is 1.81 bits per heavy atom. The number of amides is 1. The summed E-state index contributed by atoms with van der Waals surface area (Å²) in [6, 6.07) is 13.7. The molecule has 0 bridgehead atoms. The third-order valence-electron chi connectivity index (χ3n) is 5.94. The van der Waals surface area contributed by atoms with Crippen molar-refractivity contribution in [2.75, 3.05) is 30.3 Å². The molecule has 4 aromatic rings. The molecule has 1 fully saturated rings. The maximum Gasteiger partial charge on any atom is 0.256 e. The molecule has 0 unspecified atom stereocenters. The fourth-order valence-corrected chi connectivity index (χ4v) is 4.08. The second-order valence-electron chi connectivity index (χ2n) is 8.73. The average molecular weight is 512 g/mol. The Hall–Kier alpha value is -4.05. The molecule has 4 N–H and O–H groups in total. The number of imidazole rings is 1. The van der Waals surface area contributed by atoms with Crippen LogP contribution in [0.3, 0.4) is 0 Å². The lowest BCUT2D eigenvalue weighted by atomic mass is 9.93. The number of hydrogen-bond donors (Lipinski definition) is 4. The number of nitrogens with one attached hydrogen (secondary N) is 3. The van der Waals surface area contributed by atoms with E-state index in [1.807, 2.05) is 38.1 Å². The van der Waals surface area contributed by atoms with E-state index in [1.165, 1.54) is 17.0 Å². The molecule has 0 spiro atoms. The molecule has 194 valence electrons. The molecule has 10 heteroatoms. The molecular formula is C27H28F3N5O2. The van der Waals surface area contributed by atoms with Crippen LogP contribution in [0, 0.1) is 24.4 Å². The van der Waals surface area contributed by atoms with Gasteiger partial charge in [0, 0.05) is 6.54 Å². The fraction of sp³-hybridized carbons (Fsp3) is 0.259. The van der Waals surface area contributed by atoms with Gasteiger partial charge in [0.05, 0.1) is 41.1 Å². The SMILES string of the molecule is CC.Cc1ccc(Nc2c(C(=O)N3CC(O)(CNc4nc5ccccc5[nH]4)C3)ccc(F)c2F)c(F)c1. The van der Waals surface area contributed by atoms with E-state index in [-0.39, 0.29) is 30.9 Å². The van der Waals surface area contributed by atoms with Crippen molar-refractivity contribution in [3.8, 4) is 0 Å². The minimum Gasteiger partial charge on any atom is -0.384 e. The van der Waals surface area contributed by atoms with Crippen molar-refractivity contribution in [3.05, 3.63) is 83.2 Å². The van der Waals surface area contributed by atoms with Crippen molar-refractivity contribution in [2.24, 2.45) is 0 Å². The number of hydrogen-bond acceptors (Lipinski definition) is 5. The van der Waals surface area contributed by atoms with E-state index in [1.54, 1.807) is 13.0 Å². The molecule has 7 nitrogen and oxygen atoms in total. The maximum atomic E-state index is 14.7. The first-order chi connectivity index (χ1) is 17.7. The number of aryl methyl sites for hydroxylation is 1. The number of nitrogens with zero attached hydrogens (tertiary/aromatic N) is 2. The molecule has 1 aliphatic heterocycles. The number of aliphatic hydroxyl groups is 1. The van der Waals surface area contributed by atoms with E-state index in [9.17, 15) is 23.1 Å². The zero-order chi connectivity index (χ0) is 26.7. The van der Waals surface area contributed by atoms with Crippen molar-refractivity contribution in [1.29, 1.82) is 0 Å². The number of halogens is 3. The lowest BCUT2D eigenvalue weighted by Gasteiger charge is -2.46. The molecule has 1 saturated heterocycles. The van der Waals surface area contributed by atoms with Crippen LogP contribution in [-0.4, -0.2) is 51.1 Å². The summed E-state index contributed by atoms with van der Waals surface area (Å²) >= 11 is 0. The van der Waals surface area contributed by atoms with Crippen LogP contribution in [0.25, 0.3) is 11.0 Å². The monoisotopic (exact) mass is 511 g/mol. The number of benzene rings is 3. The highest BCUT2D eigenvalue weighted by molar-refractivity contribution is 6.01. The highest BCUT2D eigenvalue weighted by atomic mass is 19.2. The summed E-state index contributed by atoms with van der Waals surface area (Å²) in [6.45, 7) is 5.75. The Kier molecular flexibility index (Phi) is 7.40. The van der Waals surface area contributed by atoms with E-state index in [4.69, 9.17) is 0 Å². The van der Waals surface area contributed by atoms with Gasteiger partial charge in [-0.15, -0.1) is 0 Å². The van der Waals surface area contributed by atoms with Crippen LogP contribution in [0.2, 0.25) is 0 Å². The van der Waals surface area contributed by atoms with Crippen LogP contribution >= 0.6 is 0 Å². The number of likely N-dealkylation sites (tertiary alicyclic amines) is 1. The Balaban J connectivity index is 0.00000156. The van der Waals surface area contributed by atoms with E-state index in [2.05, 4.69) is 20.6 Å². The van der Waals surface area contributed by atoms with Crippen molar-refractivity contribution in [3.63, 3.8) is 0 Å². The van der Waals surface area contributed by atoms with Gasteiger partial charge in [0.1, 0.15) is 11.4 Å². The molecule has 1 aliphatic rings. The van der Waals surface area contributed by atoms with Gasteiger partial charge in [-0.1, -0.05) is 32.0 Å². The van der Waals surface area contributed by atoms with Gasteiger partial charge in [-0.3, -0.25) is 4.79 Å². The van der Waals surface area contributed by atoms with Gasteiger partial charge in [0.15, 0.2) is 11.6 Å². The summed E-state index contributed by atoms with van der Waals surface area (Å²) in [5, 5.41) is 16.3. The normalized spacial score (nSPS) is 14.0. The molecule has 1 amide bonds. The first kappa shape index (κ1) is 26.0. The van der Waals surface area contributed by atoms with E-state index >= 15 is 0 Å². The first-order valence-corrected chi connectivity index (χ1v) is 11.9. The van der Waals surface area contributed by atoms with Crippen molar-refractivity contribution in [2.45, 2.75) is 26.4 Å². The van der Waals surface area contributed by atoms with Gasteiger partial charge in [0.2, 0.25) is 5.95 Å². The first-order valence-electron chi connectivity index (χ1n) is 11.9. The Labute approximate surface area is 212 Å². The maximum absolute atomic E-state index is 14.7. The Morgan fingerprint density at radius 3 is 2.51 bits per heavy atom. The number of carbonyl (C=O) groups excluding carboxylic acids is 1. The second kappa shape index (κ2) is 10.5. The predicted molar refractivity (Wildman–Crippen MR) is 138 cm³/mol. The van der Waals surface area contributed by atoms with Crippen LogP contribution < -0.4 is 10.6 Å². The number of para-hydroxylation sites is 2. The zero-order valence-corrected chi connectivity index (χ0v) is 20.7. The lowest BCUT2D eigenvalue weighted by molar-refractivity contribution is -0.0707. The summed E-state index contributed by atoms with van der Waals surface area (Å²) in [6.07, 6.45) is 0. The number of aromatic amines is 1. The fourth-order valence-electron chi connectivity index (χ4n) is 4.08. The van der Waals surface area contributed by atoms with E-state index < -0.39 is 34.6 Å². The van der Waals surface area contributed by atoms with Gasteiger partial charge in [0.25, 0.3) is 5.91 Å². The van der Waals surface area contributed by atoms with Gasteiger partial charge < -0.3 is 25.6 Å². The predicted octanol–water partition coefficient (Wildman–Crippen LogP) is 5.36. The van der Waals surface area contributed by atoms with Gasteiger partial charge >= 0.3 is 0 Å². The molecule has 0 radical (unpaired) electrons. The standard InChI is InChI=1S/C25H22F3N5O2.C2H6/c1-14-6-9-18(17(27)10-14)30-22-15(7-8-16(26)21(22)28)23(34)33-12-25(35,13-33)11-29-24-31-19-4-2-3-5-20(19)32-24;1-2/h2-10,30,35H,11-13H2,1H3,(H2,29,31,32);1-2H3. The van der Waals surface area contributed by atoms with Crippen LogP contribution in [0.5, 0.6) is 0 Å². The summed E-state index contributed by atoms with van der Waals surface area (Å²) in [4.78, 5) is 21.9. The minimum atomic E-state index is -1.29. The molecule has 0 saturated carbocycles. The summed E-state index contributed by atoms with van der Waals surface area (Å²) in [5.74, 6) is -3.27. The topological polar surface area (TPSA) is 93.3 Å². The molecule has 5 rings (SSSR count). The van der Waals surface area contributed by atoms with Crippen molar-refractivity contribution >= 4 is 34.3 Å². The third-order valence-corrected chi connectivity index (χ3v) is 5.94. The summed E-state index contributed by atoms with van der Waals surface area (Å²) < 4.78 is 42.9. The number of aromatic nitrogens is 2. The zero-order valence-electron chi connectivity index (χ0n) is 20.7. The van der Waals surface area contributed by atoms with Crippen LogP contribution in [0.15, 0.2) is 54.6 Å². The number of carbonyl (C=O) groups is 1. The number of rotatable bonds is 6. The van der Waals surface area contributed by atoms with Crippen molar-refractivity contribution in [1.82, 2.24) is 14.9 Å². The third kappa shape index (κ3) is 5.39. The lowest BCUT2D eigenvalue weighted by Crippen LogP contribution is -2.66. The highest BCUT2D eigenvalue weighted by Gasteiger charge is 2.44. The highest BCUT2D eigenvalue weighted by Crippen LogP contribution is 2.31. The van der Waals surface area contributed by atoms with Crippen LogP contribution in [0.1, 0.15) is 29.8 Å². The van der Waals surface area contributed by atoms with Crippen LogP contribution in [-0.2, 0) is 0 Å². The van der Waals surface area contributed by atoms with Gasteiger partial charge in [-0.25, -0.2) is 18.2 Å². The summed E-state index contributed by atoms with van der Waals surface area (Å²) in [7, 11) is 0. The molecule has 0 aliphatic carbocycles. The molecular weight excluding hydrogens is 483 g/mol. The summed E-state index contributed by atoms with van der Waals surface area (Å²) in [5.41, 5.74) is 0.310. The second-order valence-corrected chi connectivity index (χ2v) is 8.73.